The number of carbonyl (C=O) groups excluding carboxylic acids is 4. The summed E-state index contributed by atoms with van der Waals surface area (Å²) in [6.45, 7) is 1.01. The van der Waals surface area contributed by atoms with Crippen molar-refractivity contribution < 1.29 is 28.7 Å². The number of methoxy groups -OCH3 is 1. The van der Waals surface area contributed by atoms with Gasteiger partial charge in [0.05, 0.1) is 48.7 Å². The van der Waals surface area contributed by atoms with Gasteiger partial charge < -0.3 is 40.3 Å². The highest BCUT2D eigenvalue weighted by atomic mass is 16.6. The van der Waals surface area contributed by atoms with E-state index in [4.69, 9.17) is 15.2 Å². The van der Waals surface area contributed by atoms with E-state index in [2.05, 4.69) is 35.5 Å². The molecular formula is C43H42N10O6. The number of ether oxygens (including phenoxy) is 2. The molecule has 8 rings (SSSR count). The number of primary amides is 1. The average Bonchev–Trinajstić information content (AvgIpc) is 4.12. The SMILES string of the molecule is COC(=O)N[C@@H](C(=O)N1CCC[C@H]1c1ncc(-c2ccc(-c3ccc(-c4cnc([C@@H]5CCCN5C(=O)[C@H](OC(N)=O)c5ccccc5)[nH]4)nn3)cc2)[nH]1)c1ccccc1. The first kappa shape index (κ1) is 38.5. The van der Waals surface area contributed by atoms with Crippen LogP contribution in [0.1, 0.15) is 72.7 Å². The van der Waals surface area contributed by atoms with Crippen molar-refractivity contribution in [3.05, 3.63) is 132 Å². The second-order valence-electron chi connectivity index (χ2n) is 14.3. The van der Waals surface area contributed by atoms with Crippen molar-refractivity contribution in [3.8, 4) is 33.9 Å². The molecule has 2 aliphatic rings. The summed E-state index contributed by atoms with van der Waals surface area (Å²) in [5.74, 6) is 0.669. The van der Waals surface area contributed by atoms with E-state index in [1.807, 2.05) is 60.7 Å². The van der Waals surface area contributed by atoms with E-state index in [1.165, 1.54) is 7.11 Å². The smallest absolute Gasteiger partial charge is 0.407 e. The summed E-state index contributed by atoms with van der Waals surface area (Å²) >= 11 is 0. The number of hydrogen-bond acceptors (Lipinski definition) is 10. The number of alkyl carbamates (subject to hydrolysis) is 1. The second kappa shape index (κ2) is 17.0. The number of rotatable bonds is 11. The number of aromatic amines is 2. The highest BCUT2D eigenvalue weighted by molar-refractivity contribution is 5.87. The largest absolute Gasteiger partial charge is 0.453 e. The molecule has 2 aliphatic heterocycles. The van der Waals surface area contributed by atoms with Crippen LogP contribution in [0, 0.1) is 0 Å². The van der Waals surface area contributed by atoms with Crippen molar-refractivity contribution in [3.63, 3.8) is 0 Å². The maximum atomic E-state index is 13.9. The van der Waals surface area contributed by atoms with Gasteiger partial charge in [-0.15, -0.1) is 10.2 Å². The monoisotopic (exact) mass is 794 g/mol. The minimum atomic E-state index is -1.16. The van der Waals surface area contributed by atoms with Gasteiger partial charge in [-0.3, -0.25) is 9.59 Å². The van der Waals surface area contributed by atoms with Gasteiger partial charge in [0.25, 0.3) is 11.8 Å². The number of nitrogens with one attached hydrogen (secondary N) is 3. The molecule has 5 heterocycles. The quantitative estimate of drug-likeness (QED) is 0.117. The molecule has 0 saturated carbocycles. The topological polar surface area (TPSA) is 214 Å². The summed E-state index contributed by atoms with van der Waals surface area (Å²) in [4.78, 5) is 70.9. The Morgan fingerprint density at radius 3 is 1.83 bits per heavy atom. The van der Waals surface area contributed by atoms with Crippen LogP contribution in [-0.4, -0.2) is 84.1 Å². The molecule has 5 N–H and O–H groups in total. The minimum Gasteiger partial charge on any atom is -0.453 e. The molecule has 0 spiro atoms. The van der Waals surface area contributed by atoms with Crippen molar-refractivity contribution in [1.29, 1.82) is 0 Å². The van der Waals surface area contributed by atoms with Crippen LogP contribution in [0.5, 0.6) is 0 Å². The van der Waals surface area contributed by atoms with Gasteiger partial charge in [0.1, 0.15) is 23.4 Å². The number of H-pyrrole nitrogens is 2. The maximum Gasteiger partial charge on any atom is 0.407 e. The Labute approximate surface area is 339 Å². The minimum absolute atomic E-state index is 0.232. The molecule has 300 valence electrons. The molecule has 0 unspecified atom stereocenters. The van der Waals surface area contributed by atoms with Crippen molar-refractivity contribution in [2.75, 3.05) is 20.2 Å². The van der Waals surface area contributed by atoms with E-state index >= 15 is 0 Å². The average molecular weight is 795 g/mol. The van der Waals surface area contributed by atoms with Crippen LogP contribution in [0.15, 0.2) is 109 Å². The van der Waals surface area contributed by atoms with Crippen LogP contribution in [0.4, 0.5) is 9.59 Å². The zero-order valence-electron chi connectivity index (χ0n) is 32.2. The molecule has 2 saturated heterocycles. The van der Waals surface area contributed by atoms with E-state index in [9.17, 15) is 19.2 Å². The Hall–Kier alpha value is -7.36. The molecule has 3 aromatic carbocycles. The number of aromatic nitrogens is 6. The fourth-order valence-corrected chi connectivity index (χ4v) is 7.80. The van der Waals surface area contributed by atoms with Gasteiger partial charge in [0, 0.05) is 24.2 Å². The lowest BCUT2D eigenvalue weighted by molar-refractivity contribution is -0.141. The summed E-state index contributed by atoms with van der Waals surface area (Å²) in [5.41, 5.74) is 11.0. The van der Waals surface area contributed by atoms with Crippen molar-refractivity contribution in [1.82, 2.24) is 45.2 Å². The molecule has 59 heavy (non-hydrogen) atoms. The van der Waals surface area contributed by atoms with Gasteiger partial charge in [0.15, 0.2) is 0 Å². The molecule has 0 radical (unpaired) electrons. The lowest BCUT2D eigenvalue weighted by atomic mass is 10.0. The third-order valence-electron chi connectivity index (χ3n) is 10.7. The number of likely N-dealkylation sites (tertiary alicyclic amines) is 2. The number of carbonyl (C=O) groups is 4. The molecule has 3 aromatic heterocycles. The fourth-order valence-electron chi connectivity index (χ4n) is 7.80. The molecule has 4 atom stereocenters. The van der Waals surface area contributed by atoms with Crippen LogP contribution < -0.4 is 11.1 Å². The van der Waals surface area contributed by atoms with Gasteiger partial charge in [-0.1, -0.05) is 84.9 Å². The van der Waals surface area contributed by atoms with Gasteiger partial charge in [-0.05, 0) is 48.9 Å². The molecule has 16 nitrogen and oxygen atoms in total. The van der Waals surface area contributed by atoms with Gasteiger partial charge in [-0.2, -0.15) is 0 Å². The molecule has 0 bridgehead atoms. The molecule has 16 heteroatoms. The molecular weight excluding hydrogens is 753 g/mol. The van der Waals surface area contributed by atoms with Crippen LogP contribution >= 0.6 is 0 Å². The highest BCUT2D eigenvalue weighted by Crippen LogP contribution is 2.36. The van der Waals surface area contributed by atoms with Crippen molar-refractivity contribution in [2.45, 2.75) is 49.9 Å². The Bertz CT molecular complexity index is 2420. The highest BCUT2D eigenvalue weighted by Gasteiger charge is 2.39. The van der Waals surface area contributed by atoms with Crippen LogP contribution in [-0.2, 0) is 19.1 Å². The van der Waals surface area contributed by atoms with Crippen molar-refractivity contribution in [2.24, 2.45) is 5.73 Å². The first-order valence-corrected chi connectivity index (χ1v) is 19.3. The van der Waals surface area contributed by atoms with E-state index in [1.54, 1.807) is 58.6 Å². The zero-order valence-corrected chi connectivity index (χ0v) is 32.2. The Morgan fingerprint density at radius 1 is 0.695 bits per heavy atom. The Morgan fingerprint density at radius 2 is 1.24 bits per heavy atom. The molecule has 6 aromatic rings. The van der Waals surface area contributed by atoms with Gasteiger partial charge in [-0.25, -0.2) is 19.6 Å². The number of amides is 4. The van der Waals surface area contributed by atoms with Gasteiger partial charge >= 0.3 is 12.2 Å². The predicted molar refractivity (Wildman–Crippen MR) is 215 cm³/mol. The molecule has 2 fully saturated rings. The van der Waals surface area contributed by atoms with Crippen LogP contribution in [0.2, 0.25) is 0 Å². The van der Waals surface area contributed by atoms with E-state index in [0.717, 1.165) is 36.1 Å². The number of imidazole rings is 2. The lowest BCUT2D eigenvalue weighted by Gasteiger charge is -2.28. The normalized spacial score (nSPS) is 17.3. The van der Waals surface area contributed by atoms with Gasteiger partial charge in [0.2, 0.25) is 6.10 Å². The summed E-state index contributed by atoms with van der Waals surface area (Å²) < 4.78 is 10.1. The number of nitrogens with zero attached hydrogens (tertiary/aromatic N) is 6. The van der Waals surface area contributed by atoms with Crippen molar-refractivity contribution >= 4 is 24.0 Å². The second-order valence-corrected chi connectivity index (χ2v) is 14.3. The number of benzene rings is 3. The predicted octanol–water partition coefficient (Wildman–Crippen LogP) is 6.18. The summed E-state index contributed by atoms with van der Waals surface area (Å²) in [7, 11) is 1.27. The Balaban J connectivity index is 0.928. The third-order valence-corrected chi connectivity index (χ3v) is 10.7. The first-order chi connectivity index (χ1) is 28.8. The molecule has 0 aliphatic carbocycles. The first-order valence-electron chi connectivity index (χ1n) is 19.3. The molecule has 4 amide bonds. The fraction of sp³-hybridized carbons (Fsp3) is 0.256. The summed E-state index contributed by atoms with van der Waals surface area (Å²) in [6.07, 6.45) is 3.53. The summed E-state index contributed by atoms with van der Waals surface area (Å²) in [6, 6.07) is 28.0. The van der Waals surface area contributed by atoms with E-state index in [-0.39, 0.29) is 23.9 Å². The van der Waals surface area contributed by atoms with Crippen LogP contribution in [0.25, 0.3) is 33.9 Å². The summed E-state index contributed by atoms with van der Waals surface area (Å²) in [5, 5.41) is 11.7. The number of nitrogens with two attached hydrogens (primary N) is 1. The standard InChI is InChI=1S/C43H42N10O6/c1-58-43(57)49-36(28-10-4-2-5-11-28)40(54)52-22-8-14-34(52)38-45-24-32(47-38)27-18-16-26(17-19-27)30-20-21-31(51-50-30)33-25-46-39(48-33)35-15-9-23-53(35)41(55)37(59-42(44)56)29-12-6-3-7-13-29/h2-7,10-13,16-21,24-25,34-37H,8-9,14-15,22-23H2,1H3,(H2,44,56)(H,45,47)(H,46,48)(H,49,57)/t34-,35-,36+,37+/m0/s1. The number of hydrogen-bond donors (Lipinski definition) is 4. The maximum absolute atomic E-state index is 13.9. The Kier molecular flexibility index (Phi) is 11.1. The zero-order chi connectivity index (χ0) is 40.9. The third kappa shape index (κ3) is 8.23. The van der Waals surface area contributed by atoms with E-state index in [0.29, 0.717) is 59.4 Å². The lowest BCUT2D eigenvalue weighted by Crippen LogP contribution is -2.42. The van der Waals surface area contributed by atoms with Crippen LogP contribution in [0.3, 0.4) is 0 Å². The van der Waals surface area contributed by atoms with E-state index < -0.39 is 24.3 Å².